The Balaban J connectivity index is 2.24. The van der Waals surface area contributed by atoms with Crippen molar-refractivity contribution in [2.24, 2.45) is 0 Å². The van der Waals surface area contributed by atoms with Gasteiger partial charge in [-0.05, 0) is 32.2 Å². The Morgan fingerprint density at radius 2 is 2.16 bits per heavy atom. The molecule has 0 aromatic rings. The molecule has 0 saturated carbocycles. The van der Waals surface area contributed by atoms with Gasteiger partial charge in [0.15, 0.2) is 0 Å². The van der Waals surface area contributed by atoms with Gasteiger partial charge in [-0.2, -0.15) is 0 Å². The Kier molecular flexibility index (Phi) is 3.89. The molecule has 0 aromatic heterocycles. The second-order valence-corrected chi connectivity index (χ2v) is 5.24. The number of carbonyl (C=O) groups excluding carboxylic acids is 3. The number of piperazine rings is 1. The van der Waals surface area contributed by atoms with Gasteiger partial charge in [0.25, 0.3) is 0 Å². The van der Waals surface area contributed by atoms with Gasteiger partial charge in [-0.15, -0.1) is 0 Å². The summed E-state index contributed by atoms with van der Waals surface area (Å²) in [6, 6.07) is -0.531. The van der Waals surface area contributed by atoms with Crippen molar-refractivity contribution in [2.45, 2.75) is 51.1 Å². The van der Waals surface area contributed by atoms with Crippen LogP contribution in [0.1, 0.15) is 39.5 Å². The van der Waals surface area contributed by atoms with E-state index in [1.165, 1.54) is 4.90 Å². The lowest BCUT2D eigenvalue weighted by molar-refractivity contribution is -0.153. The molecule has 0 aliphatic carbocycles. The molecule has 3 amide bonds. The van der Waals surface area contributed by atoms with Crippen molar-refractivity contribution < 1.29 is 14.4 Å². The van der Waals surface area contributed by atoms with E-state index in [4.69, 9.17) is 0 Å². The van der Waals surface area contributed by atoms with Gasteiger partial charge in [-0.1, -0.05) is 13.8 Å². The first kappa shape index (κ1) is 14.0. The smallest absolute Gasteiger partial charge is 0.249 e. The zero-order valence-corrected chi connectivity index (χ0v) is 11.5. The number of rotatable bonds is 3. The minimum absolute atomic E-state index is 0.0213. The van der Waals surface area contributed by atoms with Gasteiger partial charge in [0.05, 0.1) is 5.54 Å². The quantitative estimate of drug-likeness (QED) is 0.693. The maximum absolute atomic E-state index is 12.7. The minimum atomic E-state index is -0.592. The minimum Gasteiger partial charge on any atom is -0.320 e. The average molecular weight is 267 g/mol. The molecular weight excluding hydrogens is 246 g/mol. The van der Waals surface area contributed by atoms with E-state index < -0.39 is 17.5 Å². The summed E-state index contributed by atoms with van der Waals surface area (Å²) in [6.45, 7) is 4.60. The molecule has 6 nitrogen and oxygen atoms in total. The molecule has 2 rings (SSSR count). The molecule has 2 heterocycles. The van der Waals surface area contributed by atoms with Crippen molar-refractivity contribution >= 4 is 17.7 Å². The molecule has 106 valence electrons. The molecule has 0 radical (unpaired) electrons. The van der Waals surface area contributed by atoms with E-state index in [-0.39, 0.29) is 18.4 Å². The summed E-state index contributed by atoms with van der Waals surface area (Å²) in [5.41, 5.74) is -0.592. The van der Waals surface area contributed by atoms with Crippen LogP contribution in [-0.2, 0) is 14.4 Å². The van der Waals surface area contributed by atoms with Crippen LogP contribution in [0.2, 0.25) is 0 Å². The van der Waals surface area contributed by atoms with Crippen LogP contribution >= 0.6 is 0 Å². The fourth-order valence-electron chi connectivity index (χ4n) is 3.00. The normalized spacial score (nSPS) is 31.5. The molecule has 0 bridgehead atoms. The molecule has 2 aliphatic heterocycles. The molecule has 2 atom stereocenters. The lowest BCUT2D eigenvalue weighted by Crippen LogP contribution is -2.65. The molecule has 2 fully saturated rings. The molecule has 0 spiro atoms. The van der Waals surface area contributed by atoms with Crippen LogP contribution in [0.25, 0.3) is 0 Å². The van der Waals surface area contributed by atoms with Crippen LogP contribution in [0.5, 0.6) is 0 Å². The van der Waals surface area contributed by atoms with Gasteiger partial charge in [-0.25, -0.2) is 0 Å². The topological polar surface area (TPSA) is 78.5 Å². The number of hydrogen-bond donors (Lipinski definition) is 2. The Hall–Kier alpha value is -1.43. The van der Waals surface area contributed by atoms with Gasteiger partial charge < -0.3 is 10.2 Å². The van der Waals surface area contributed by atoms with E-state index in [0.29, 0.717) is 12.8 Å². The average Bonchev–Trinajstić information content (AvgIpc) is 2.87. The lowest BCUT2D eigenvalue weighted by Gasteiger charge is -2.39. The summed E-state index contributed by atoms with van der Waals surface area (Å²) in [6.07, 6.45) is 2.91. The van der Waals surface area contributed by atoms with Gasteiger partial charge in [0, 0.05) is 0 Å². The summed E-state index contributed by atoms with van der Waals surface area (Å²) in [5, 5.41) is 5.55. The van der Waals surface area contributed by atoms with Crippen LogP contribution < -0.4 is 10.6 Å². The molecule has 2 aliphatic rings. The maximum Gasteiger partial charge on any atom is 0.249 e. The Bertz CT molecular complexity index is 402. The molecule has 0 aromatic carbocycles. The predicted molar refractivity (Wildman–Crippen MR) is 69.2 cm³/mol. The highest BCUT2D eigenvalue weighted by Crippen LogP contribution is 2.27. The second kappa shape index (κ2) is 5.28. The predicted octanol–water partition coefficient (Wildman–Crippen LogP) is -0.218. The van der Waals surface area contributed by atoms with Crippen molar-refractivity contribution in [3.05, 3.63) is 0 Å². The third kappa shape index (κ3) is 2.36. The fraction of sp³-hybridized carbons (Fsp3) is 0.769. The standard InChI is InChI=1S/C13H21N3O3/c1-3-9-11(18)15-10(17)8-16(9)12(19)13(4-2)6-5-7-14-13/h9,14H,3-8H2,1-2H3,(H,15,17,18). The summed E-state index contributed by atoms with van der Waals surface area (Å²) >= 11 is 0. The number of imide groups is 1. The zero-order valence-electron chi connectivity index (χ0n) is 11.5. The zero-order chi connectivity index (χ0) is 14.0. The first-order chi connectivity index (χ1) is 9.04. The highest BCUT2D eigenvalue weighted by molar-refractivity contribution is 6.05. The Labute approximate surface area is 112 Å². The van der Waals surface area contributed by atoms with Crippen molar-refractivity contribution in [3.63, 3.8) is 0 Å². The number of nitrogens with zero attached hydrogens (tertiary/aromatic N) is 1. The lowest BCUT2D eigenvalue weighted by atomic mass is 9.91. The van der Waals surface area contributed by atoms with Crippen LogP contribution in [0.15, 0.2) is 0 Å². The number of nitrogens with one attached hydrogen (secondary N) is 2. The summed E-state index contributed by atoms with van der Waals surface area (Å²) in [5.74, 6) is -0.869. The van der Waals surface area contributed by atoms with Crippen LogP contribution in [0.3, 0.4) is 0 Å². The first-order valence-corrected chi connectivity index (χ1v) is 6.94. The molecule has 6 heteroatoms. The van der Waals surface area contributed by atoms with E-state index in [9.17, 15) is 14.4 Å². The second-order valence-electron chi connectivity index (χ2n) is 5.24. The molecule has 2 N–H and O–H groups in total. The third-order valence-electron chi connectivity index (χ3n) is 4.16. The summed E-state index contributed by atoms with van der Waals surface area (Å²) < 4.78 is 0. The first-order valence-electron chi connectivity index (χ1n) is 6.94. The highest BCUT2D eigenvalue weighted by atomic mass is 16.2. The van der Waals surface area contributed by atoms with Crippen molar-refractivity contribution in [3.8, 4) is 0 Å². The molecule has 19 heavy (non-hydrogen) atoms. The monoisotopic (exact) mass is 267 g/mol. The molecule has 2 saturated heterocycles. The van der Waals surface area contributed by atoms with E-state index in [1.807, 2.05) is 13.8 Å². The van der Waals surface area contributed by atoms with E-state index >= 15 is 0 Å². The van der Waals surface area contributed by atoms with Crippen molar-refractivity contribution in [2.75, 3.05) is 13.1 Å². The van der Waals surface area contributed by atoms with Crippen LogP contribution in [0, 0.1) is 0 Å². The third-order valence-corrected chi connectivity index (χ3v) is 4.16. The van der Waals surface area contributed by atoms with E-state index in [1.54, 1.807) is 0 Å². The summed E-state index contributed by atoms with van der Waals surface area (Å²) in [7, 11) is 0. The Morgan fingerprint density at radius 3 is 2.68 bits per heavy atom. The largest absolute Gasteiger partial charge is 0.320 e. The summed E-state index contributed by atoms with van der Waals surface area (Å²) in [4.78, 5) is 37.5. The molecule has 2 unspecified atom stereocenters. The number of hydrogen-bond acceptors (Lipinski definition) is 4. The van der Waals surface area contributed by atoms with Crippen molar-refractivity contribution in [1.82, 2.24) is 15.5 Å². The van der Waals surface area contributed by atoms with E-state index in [0.717, 1.165) is 19.4 Å². The Morgan fingerprint density at radius 1 is 1.42 bits per heavy atom. The van der Waals surface area contributed by atoms with Crippen LogP contribution in [0.4, 0.5) is 0 Å². The fourth-order valence-corrected chi connectivity index (χ4v) is 3.00. The molecular formula is C13H21N3O3. The SMILES string of the molecule is CCC1C(=O)NC(=O)CN1C(=O)C1(CC)CCCN1. The number of amides is 3. The highest BCUT2D eigenvalue weighted by Gasteiger charge is 2.46. The van der Waals surface area contributed by atoms with Gasteiger partial charge >= 0.3 is 0 Å². The van der Waals surface area contributed by atoms with Gasteiger partial charge in [0.2, 0.25) is 17.7 Å². The van der Waals surface area contributed by atoms with Gasteiger partial charge in [0.1, 0.15) is 12.6 Å². The van der Waals surface area contributed by atoms with Crippen LogP contribution in [-0.4, -0.2) is 47.3 Å². The van der Waals surface area contributed by atoms with E-state index in [2.05, 4.69) is 10.6 Å². The van der Waals surface area contributed by atoms with Crippen molar-refractivity contribution in [1.29, 1.82) is 0 Å². The maximum atomic E-state index is 12.7. The number of carbonyl (C=O) groups is 3. The van der Waals surface area contributed by atoms with Gasteiger partial charge in [-0.3, -0.25) is 19.7 Å².